The Morgan fingerprint density at radius 1 is 1.11 bits per heavy atom. The zero-order valence-corrected chi connectivity index (χ0v) is 11.4. The third-order valence-electron chi connectivity index (χ3n) is 4.08. The average Bonchev–Trinajstić information content (AvgIpc) is 2.47. The monoisotopic (exact) mass is 263 g/mol. The fourth-order valence-electron chi connectivity index (χ4n) is 2.81. The van der Waals surface area contributed by atoms with E-state index in [9.17, 15) is 0 Å². The molecule has 0 spiro atoms. The lowest BCUT2D eigenvalue weighted by molar-refractivity contribution is -0.0821. The van der Waals surface area contributed by atoms with E-state index in [-0.39, 0.29) is 11.6 Å². The second kappa shape index (κ2) is 5.02. The van der Waals surface area contributed by atoms with Crippen LogP contribution in [0.2, 0.25) is 0 Å². The Kier molecular flexibility index (Phi) is 3.37. The summed E-state index contributed by atoms with van der Waals surface area (Å²) in [7, 11) is 0. The highest BCUT2D eigenvalue weighted by molar-refractivity contribution is 5.45. The van der Waals surface area contributed by atoms with Gasteiger partial charge >= 0.3 is 0 Å². The topological polar surface area (TPSA) is 53.7 Å². The Morgan fingerprint density at radius 2 is 1.89 bits per heavy atom. The first kappa shape index (κ1) is 12.8. The number of hydrogen-bond donors (Lipinski definition) is 1. The Bertz CT molecular complexity index is 455. The van der Waals surface area contributed by atoms with Crippen molar-refractivity contribution in [3.05, 3.63) is 23.8 Å². The van der Waals surface area contributed by atoms with Crippen molar-refractivity contribution < 1.29 is 14.2 Å². The maximum atomic E-state index is 6.42. The normalized spacial score (nSPS) is 27.9. The molecule has 2 heterocycles. The molecule has 0 saturated carbocycles. The Balaban J connectivity index is 1.84. The van der Waals surface area contributed by atoms with Crippen molar-refractivity contribution in [2.45, 2.75) is 37.8 Å². The second-order valence-corrected chi connectivity index (χ2v) is 5.50. The van der Waals surface area contributed by atoms with E-state index in [1.54, 1.807) is 0 Å². The van der Waals surface area contributed by atoms with Gasteiger partial charge in [0.2, 0.25) is 0 Å². The van der Waals surface area contributed by atoms with Crippen LogP contribution in [-0.2, 0) is 4.74 Å². The summed E-state index contributed by atoms with van der Waals surface area (Å²) in [6, 6.07) is 5.81. The molecular weight excluding hydrogens is 242 g/mol. The van der Waals surface area contributed by atoms with E-state index in [1.165, 1.54) is 6.42 Å². The van der Waals surface area contributed by atoms with Gasteiger partial charge in [0.25, 0.3) is 0 Å². The lowest BCUT2D eigenvalue weighted by Gasteiger charge is -2.39. The van der Waals surface area contributed by atoms with Crippen LogP contribution >= 0.6 is 0 Å². The Morgan fingerprint density at radius 3 is 2.63 bits per heavy atom. The summed E-state index contributed by atoms with van der Waals surface area (Å²) in [6.07, 6.45) is 3.31. The molecule has 19 heavy (non-hydrogen) atoms. The molecule has 1 fully saturated rings. The van der Waals surface area contributed by atoms with E-state index in [4.69, 9.17) is 19.9 Å². The molecule has 3 rings (SSSR count). The molecule has 0 aromatic heterocycles. The van der Waals surface area contributed by atoms with Crippen LogP contribution in [0.5, 0.6) is 11.5 Å². The third-order valence-corrected chi connectivity index (χ3v) is 4.08. The van der Waals surface area contributed by atoms with Gasteiger partial charge in [-0.2, -0.15) is 0 Å². The van der Waals surface area contributed by atoms with Crippen molar-refractivity contribution in [3.8, 4) is 11.5 Å². The van der Waals surface area contributed by atoms with Crippen LogP contribution in [0.1, 0.15) is 37.8 Å². The summed E-state index contributed by atoms with van der Waals surface area (Å²) in [6.45, 7) is 4.11. The second-order valence-electron chi connectivity index (χ2n) is 5.50. The predicted octanol–water partition coefficient (Wildman–Crippen LogP) is 2.42. The smallest absolute Gasteiger partial charge is 0.161 e. The summed E-state index contributed by atoms with van der Waals surface area (Å²) in [5.74, 6) is 1.59. The first-order chi connectivity index (χ1) is 9.19. The van der Waals surface area contributed by atoms with Crippen LogP contribution in [0, 0.1) is 0 Å². The minimum atomic E-state index is -0.276. The molecule has 0 radical (unpaired) electrons. The first-order valence-corrected chi connectivity index (χ1v) is 6.98. The highest BCUT2D eigenvalue weighted by atomic mass is 16.6. The minimum absolute atomic E-state index is 0.136. The number of ether oxygens (including phenoxy) is 3. The van der Waals surface area contributed by atoms with Gasteiger partial charge < -0.3 is 19.9 Å². The third kappa shape index (κ3) is 2.42. The lowest BCUT2D eigenvalue weighted by atomic mass is 9.84. The van der Waals surface area contributed by atoms with Crippen molar-refractivity contribution in [1.82, 2.24) is 0 Å². The average molecular weight is 263 g/mol. The number of hydrogen-bond acceptors (Lipinski definition) is 4. The van der Waals surface area contributed by atoms with Gasteiger partial charge in [-0.1, -0.05) is 6.07 Å². The zero-order valence-electron chi connectivity index (χ0n) is 11.4. The van der Waals surface area contributed by atoms with Crippen molar-refractivity contribution >= 4 is 0 Å². The molecule has 4 nitrogen and oxygen atoms in total. The van der Waals surface area contributed by atoms with Gasteiger partial charge in [0.15, 0.2) is 11.5 Å². The van der Waals surface area contributed by atoms with E-state index in [0.717, 1.165) is 36.5 Å². The van der Waals surface area contributed by atoms with Crippen molar-refractivity contribution in [1.29, 1.82) is 0 Å². The van der Waals surface area contributed by atoms with E-state index in [1.807, 2.05) is 18.2 Å². The molecule has 2 atom stereocenters. The summed E-state index contributed by atoms with van der Waals surface area (Å²) in [5.41, 5.74) is 7.19. The fourth-order valence-corrected chi connectivity index (χ4v) is 2.81. The summed E-state index contributed by atoms with van der Waals surface area (Å²) < 4.78 is 17.1. The van der Waals surface area contributed by atoms with Crippen LogP contribution in [0.4, 0.5) is 0 Å². The van der Waals surface area contributed by atoms with Gasteiger partial charge in [-0.25, -0.2) is 0 Å². The van der Waals surface area contributed by atoms with Crippen LogP contribution in [-0.4, -0.2) is 25.4 Å². The standard InChI is InChI=1S/C15H21NO3/c1-15(6-2-3-7-19-15)14(16)11-4-5-12-13(10-11)18-9-8-17-12/h4-5,10,14H,2-3,6-9,16H2,1H3. The molecule has 1 aromatic rings. The molecule has 4 heteroatoms. The van der Waals surface area contributed by atoms with Gasteiger partial charge in [0, 0.05) is 6.61 Å². The fraction of sp³-hybridized carbons (Fsp3) is 0.600. The van der Waals surface area contributed by atoms with Crippen LogP contribution < -0.4 is 15.2 Å². The van der Waals surface area contributed by atoms with E-state index in [2.05, 4.69) is 6.92 Å². The van der Waals surface area contributed by atoms with Crippen LogP contribution in [0.25, 0.3) is 0 Å². The largest absolute Gasteiger partial charge is 0.486 e. The quantitative estimate of drug-likeness (QED) is 0.890. The molecule has 0 aliphatic carbocycles. The van der Waals surface area contributed by atoms with Gasteiger partial charge in [-0.15, -0.1) is 0 Å². The van der Waals surface area contributed by atoms with E-state index in [0.29, 0.717) is 13.2 Å². The molecule has 0 amide bonds. The van der Waals surface area contributed by atoms with Crippen molar-refractivity contribution in [2.75, 3.05) is 19.8 Å². The van der Waals surface area contributed by atoms with Crippen molar-refractivity contribution in [2.24, 2.45) is 5.73 Å². The Hall–Kier alpha value is -1.26. The molecule has 104 valence electrons. The highest BCUT2D eigenvalue weighted by Crippen LogP contribution is 2.38. The maximum Gasteiger partial charge on any atom is 0.161 e. The highest BCUT2D eigenvalue weighted by Gasteiger charge is 2.35. The Labute approximate surface area is 113 Å². The first-order valence-electron chi connectivity index (χ1n) is 6.98. The van der Waals surface area contributed by atoms with Gasteiger partial charge in [-0.05, 0) is 43.9 Å². The van der Waals surface area contributed by atoms with Gasteiger partial charge in [-0.3, -0.25) is 0 Å². The van der Waals surface area contributed by atoms with Crippen LogP contribution in [0.15, 0.2) is 18.2 Å². The molecular formula is C15H21NO3. The summed E-state index contributed by atoms with van der Waals surface area (Å²) in [5, 5.41) is 0. The van der Waals surface area contributed by atoms with Gasteiger partial charge in [0.05, 0.1) is 11.6 Å². The summed E-state index contributed by atoms with van der Waals surface area (Å²) in [4.78, 5) is 0. The molecule has 1 saturated heterocycles. The molecule has 2 unspecified atom stereocenters. The maximum absolute atomic E-state index is 6.42. The van der Waals surface area contributed by atoms with E-state index < -0.39 is 0 Å². The number of benzene rings is 1. The van der Waals surface area contributed by atoms with Crippen LogP contribution in [0.3, 0.4) is 0 Å². The molecule has 2 aliphatic heterocycles. The molecule has 2 N–H and O–H groups in total. The SMILES string of the molecule is CC1(C(N)c2ccc3c(c2)OCCO3)CCCCO1. The molecule has 1 aromatic carbocycles. The predicted molar refractivity (Wildman–Crippen MR) is 72.6 cm³/mol. The van der Waals surface area contributed by atoms with Crippen molar-refractivity contribution in [3.63, 3.8) is 0 Å². The molecule has 0 bridgehead atoms. The number of rotatable bonds is 2. The minimum Gasteiger partial charge on any atom is -0.486 e. The zero-order chi connectivity index (χ0) is 13.3. The molecule has 2 aliphatic rings. The summed E-state index contributed by atoms with van der Waals surface area (Å²) >= 11 is 0. The lowest BCUT2D eigenvalue weighted by Crippen LogP contribution is -2.43. The van der Waals surface area contributed by atoms with E-state index >= 15 is 0 Å². The number of nitrogens with two attached hydrogens (primary N) is 1. The van der Waals surface area contributed by atoms with Gasteiger partial charge in [0.1, 0.15) is 13.2 Å². The number of fused-ring (bicyclic) bond motifs is 1.